The third-order valence-corrected chi connectivity index (χ3v) is 5.54. The Balaban J connectivity index is 1.68. The van der Waals surface area contributed by atoms with Crippen LogP contribution in [0.3, 0.4) is 0 Å². The van der Waals surface area contributed by atoms with Gasteiger partial charge in [0.05, 0.1) is 34.5 Å². The van der Waals surface area contributed by atoms with Crippen LogP contribution >= 0.6 is 11.6 Å². The number of halogens is 5. The van der Waals surface area contributed by atoms with Crippen LogP contribution in [0.2, 0.25) is 5.02 Å². The van der Waals surface area contributed by atoms with Crippen LogP contribution in [0.25, 0.3) is 16.6 Å². The molecule has 168 valence electrons. The second kappa shape index (κ2) is 8.39. The molecule has 3 aromatic carbocycles. The summed E-state index contributed by atoms with van der Waals surface area (Å²) < 4.78 is 56.6. The molecular formula is C23H15ClF4N4O. The van der Waals surface area contributed by atoms with E-state index in [1.807, 2.05) is 6.07 Å². The second-order valence-electron chi connectivity index (χ2n) is 7.32. The summed E-state index contributed by atoms with van der Waals surface area (Å²) in [7, 11) is 0. The van der Waals surface area contributed by atoms with Crippen molar-refractivity contribution in [1.82, 2.24) is 9.78 Å². The van der Waals surface area contributed by atoms with Gasteiger partial charge in [-0.2, -0.15) is 23.5 Å². The Hall–Kier alpha value is -3.61. The number of rotatable bonds is 5. The topological polar surface area (TPSA) is 73.9 Å². The summed E-state index contributed by atoms with van der Waals surface area (Å²) >= 11 is 5.94. The molecule has 0 aliphatic heterocycles. The number of anilines is 1. The molecular weight excluding hydrogens is 460 g/mol. The van der Waals surface area contributed by atoms with Crippen LogP contribution < -0.4 is 5.32 Å². The zero-order chi connectivity index (χ0) is 23.8. The number of hydrogen-bond donors (Lipinski definition) is 2. The molecule has 10 heteroatoms. The molecule has 0 fully saturated rings. The summed E-state index contributed by atoms with van der Waals surface area (Å²) in [5.41, 5.74) is -2.19. The van der Waals surface area contributed by atoms with Gasteiger partial charge < -0.3 is 10.4 Å². The van der Waals surface area contributed by atoms with Crippen molar-refractivity contribution in [3.63, 3.8) is 0 Å². The van der Waals surface area contributed by atoms with E-state index in [0.29, 0.717) is 16.6 Å². The van der Waals surface area contributed by atoms with E-state index < -0.39 is 24.1 Å². The number of alkyl halides is 3. The zero-order valence-corrected chi connectivity index (χ0v) is 17.5. The van der Waals surface area contributed by atoms with Crippen LogP contribution in [-0.4, -0.2) is 27.6 Å². The molecule has 0 bridgehead atoms. The van der Waals surface area contributed by atoms with E-state index in [1.165, 1.54) is 71.5 Å². The van der Waals surface area contributed by atoms with Crippen molar-refractivity contribution in [3.05, 3.63) is 88.8 Å². The van der Waals surface area contributed by atoms with Crippen molar-refractivity contribution < 1.29 is 22.7 Å². The molecule has 1 atom stereocenters. The minimum Gasteiger partial charge on any atom is -0.381 e. The second-order valence-corrected chi connectivity index (χ2v) is 7.73. The molecule has 1 unspecified atom stereocenters. The molecule has 1 aromatic heterocycles. The lowest BCUT2D eigenvalue weighted by molar-refractivity contribution is -0.260. The molecule has 0 aliphatic carbocycles. The minimum absolute atomic E-state index is 0.0766. The highest BCUT2D eigenvalue weighted by Crippen LogP contribution is 2.40. The summed E-state index contributed by atoms with van der Waals surface area (Å²) in [6, 6.07) is 15.2. The Morgan fingerprint density at radius 1 is 1.06 bits per heavy atom. The van der Waals surface area contributed by atoms with Crippen LogP contribution in [0.15, 0.2) is 66.9 Å². The molecule has 1 heterocycles. The first kappa shape index (κ1) is 22.6. The van der Waals surface area contributed by atoms with Gasteiger partial charge in [-0.25, -0.2) is 9.07 Å². The molecule has 0 amide bonds. The highest BCUT2D eigenvalue weighted by atomic mass is 35.5. The van der Waals surface area contributed by atoms with E-state index in [9.17, 15) is 22.7 Å². The van der Waals surface area contributed by atoms with Gasteiger partial charge in [-0.3, -0.25) is 0 Å². The highest BCUT2D eigenvalue weighted by molar-refractivity contribution is 6.32. The lowest BCUT2D eigenvalue weighted by Crippen LogP contribution is -2.47. The maximum absolute atomic E-state index is 14.0. The van der Waals surface area contributed by atoms with Crippen LogP contribution in [0.5, 0.6) is 0 Å². The summed E-state index contributed by atoms with van der Waals surface area (Å²) in [4.78, 5) is 0. The monoisotopic (exact) mass is 474 g/mol. The van der Waals surface area contributed by atoms with Crippen LogP contribution in [0.4, 0.5) is 23.2 Å². The van der Waals surface area contributed by atoms with E-state index >= 15 is 0 Å². The van der Waals surface area contributed by atoms with Crippen molar-refractivity contribution in [3.8, 4) is 11.8 Å². The van der Waals surface area contributed by atoms with Crippen molar-refractivity contribution >= 4 is 28.2 Å². The highest BCUT2D eigenvalue weighted by Gasteiger charge is 2.55. The maximum Gasteiger partial charge on any atom is 0.423 e. The lowest BCUT2D eigenvalue weighted by Gasteiger charge is -2.31. The molecule has 0 radical (unpaired) electrons. The normalized spacial score (nSPS) is 13.5. The number of hydrogen-bond acceptors (Lipinski definition) is 4. The Morgan fingerprint density at radius 3 is 2.42 bits per heavy atom. The third kappa shape index (κ3) is 4.23. The first-order chi connectivity index (χ1) is 15.6. The SMILES string of the molecule is N#Cc1ccc(NCC(O)(c2ccc3c(cnn3-c3ccc(F)cc3)c2)C(F)(F)F)cc1Cl. The molecule has 5 nitrogen and oxygen atoms in total. The fraction of sp³-hybridized carbons (Fsp3) is 0.130. The van der Waals surface area contributed by atoms with E-state index in [0.717, 1.165) is 0 Å². The van der Waals surface area contributed by atoms with Crippen LogP contribution in [0.1, 0.15) is 11.1 Å². The molecule has 4 aromatic rings. The molecule has 0 spiro atoms. The number of nitrogens with one attached hydrogen (secondary N) is 1. The number of benzene rings is 3. The summed E-state index contributed by atoms with van der Waals surface area (Å²) in [6.07, 6.45) is -3.64. The van der Waals surface area contributed by atoms with E-state index in [-0.39, 0.29) is 21.8 Å². The predicted octanol–water partition coefficient (Wildman–Crippen LogP) is 5.55. The van der Waals surface area contributed by atoms with E-state index in [1.54, 1.807) is 0 Å². The molecule has 0 saturated carbocycles. The molecule has 4 rings (SSSR count). The Labute approximate surface area is 190 Å². The fourth-order valence-corrected chi connectivity index (χ4v) is 3.61. The Morgan fingerprint density at radius 2 is 1.79 bits per heavy atom. The molecule has 2 N–H and O–H groups in total. The van der Waals surface area contributed by atoms with Crippen molar-refractivity contribution in [2.24, 2.45) is 0 Å². The van der Waals surface area contributed by atoms with Crippen molar-refractivity contribution in [2.75, 3.05) is 11.9 Å². The largest absolute Gasteiger partial charge is 0.423 e. The Kier molecular flexibility index (Phi) is 5.74. The quantitative estimate of drug-likeness (QED) is 0.372. The minimum atomic E-state index is -5.00. The first-order valence-electron chi connectivity index (χ1n) is 9.59. The molecule has 0 aliphatic rings. The summed E-state index contributed by atoms with van der Waals surface area (Å²) in [5.74, 6) is -0.427. The number of nitriles is 1. The van der Waals surface area contributed by atoms with Gasteiger partial charge in [-0.1, -0.05) is 17.7 Å². The van der Waals surface area contributed by atoms with Gasteiger partial charge in [-0.15, -0.1) is 0 Å². The number of aromatic nitrogens is 2. The van der Waals surface area contributed by atoms with Gasteiger partial charge in [0.15, 0.2) is 0 Å². The predicted molar refractivity (Wildman–Crippen MR) is 116 cm³/mol. The van der Waals surface area contributed by atoms with Crippen molar-refractivity contribution in [2.45, 2.75) is 11.8 Å². The standard InChI is InChI=1S/C23H15ClF4N4O/c24-20-10-18(5-1-14(20)11-29)30-13-22(33,23(26,27)28)16-2-8-21-15(9-16)12-31-32(21)19-6-3-17(25)4-7-19/h1-10,12,30,33H,13H2. The maximum atomic E-state index is 14.0. The number of aliphatic hydroxyl groups is 1. The van der Waals surface area contributed by atoms with Gasteiger partial charge >= 0.3 is 6.18 Å². The molecule has 33 heavy (non-hydrogen) atoms. The van der Waals surface area contributed by atoms with Crippen molar-refractivity contribution in [1.29, 1.82) is 5.26 Å². The summed E-state index contributed by atoms with van der Waals surface area (Å²) in [6.45, 7) is -0.893. The smallest absolute Gasteiger partial charge is 0.381 e. The lowest BCUT2D eigenvalue weighted by atomic mass is 9.92. The van der Waals surface area contributed by atoms with Crippen LogP contribution in [0, 0.1) is 17.1 Å². The Bertz CT molecular complexity index is 1360. The summed E-state index contributed by atoms with van der Waals surface area (Å²) in [5, 5.41) is 26.8. The number of fused-ring (bicyclic) bond motifs is 1. The average molecular weight is 475 g/mol. The first-order valence-corrected chi connectivity index (χ1v) is 9.97. The van der Waals surface area contributed by atoms with E-state index in [4.69, 9.17) is 16.9 Å². The van der Waals surface area contributed by atoms with Gasteiger partial charge in [0.1, 0.15) is 11.9 Å². The van der Waals surface area contributed by atoms with Gasteiger partial charge in [0, 0.05) is 11.1 Å². The average Bonchev–Trinajstić information content (AvgIpc) is 3.20. The molecule has 0 saturated heterocycles. The van der Waals surface area contributed by atoms with Gasteiger partial charge in [0.25, 0.3) is 0 Å². The fourth-order valence-electron chi connectivity index (χ4n) is 3.39. The zero-order valence-electron chi connectivity index (χ0n) is 16.7. The third-order valence-electron chi connectivity index (χ3n) is 5.22. The van der Waals surface area contributed by atoms with Gasteiger partial charge in [-0.05, 0) is 60.2 Å². The van der Waals surface area contributed by atoms with E-state index in [2.05, 4.69) is 10.4 Å². The van der Waals surface area contributed by atoms with Gasteiger partial charge in [0.2, 0.25) is 5.60 Å². The van der Waals surface area contributed by atoms with Crippen LogP contribution in [-0.2, 0) is 5.60 Å². The number of nitrogens with zero attached hydrogens (tertiary/aromatic N) is 3.